The maximum absolute atomic E-state index is 11.4. The van der Waals surface area contributed by atoms with Crippen LogP contribution >= 0.6 is 0 Å². The summed E-state index contributed by atoms with van der Waals surface area (Å²) in [6, 6.07) is 0. The van der Waals surface area contributed by atoms with Crippen LogP contribution in [0.3, 0.4) is 0 Å². The highest BCUT2D eigenvalue weighted by molar-refractivity contribution is 5.94. The molecule has 0 unspecified atom stereocenters. The summed E-state index contributed by atoms with van der Waals surface area (Å²) < 4.78 is 0. The highest BCUT2D eigenvalue weighted by Gasteiger charge is 2.16. The van der Waals surface area contributed by atoms with Crippen molar-refractivity contribution in [1.82, 2.24) is 5.32 Å². The van der Waals surface area contributed by atoms with E-state index in [1.165, 1.54) is 5.57 Å². The molecule has 64 valence electrons. The number of rotatable bonds is 2. The Morgan fingerprint density at radius 3 is 2.92 bits per heavy atom. The summed E-state index contributed by atoms with van der Waals surface area (Å²) in [5.74, 6) is 2.40. The molecule has 1 amide bonds. The van der Waals surface area contributed by atoms with Crippen molar-refractivity contribution in [2.75, 3.05) is 6.54 Å². The quantitative estimate of drug-likeness (QED) is 0.610. The van der Waals surface area contributed by atoms with Crippen LogP contribution < -0.4 is 5.32 Å². The SMILES string of the molecule is C#CCNC(=O)C1=C(C)CCC1. The molecule has 0 fully saturated rings. The molecule has 0 aliphatic heterocycles. The lowest BCUT2D eigenvalue weighted by atomic mass is 10.1. The molecule has 0 spiro atoms. The van der Waals surface area contributed by atoms with Crippen molar-refractivity contribution in [2.45, 2.75) is 26.2 Å². The van der Waals surface area contributed by atoms with Crippen LogP contribution in [0.25, 0.3) is 0 Å². The van der Waals surface area contributed by atoms with Crippen molar-refractivity contribution in [3.63, 3.8) is 0 Å². The third-order valence-electron chi connectivity index (χ3n) is 2.12. The van der Waals surface area contributed by atoms with E-state index < -0.39 is 0 Å². The van der Waals surface area contributed by atoms with Gasteiger partial charge in [0.25, 0.3) is 0 Å². The van der Waals surface area contributed by atoms with Gasteiger partial charge in [0.1, 0.15) is 0 Å². The normalized spacial score (nSPS) is 16.0. The van der Waals surface area contributed by atoms with E-state index in [-0.39, 0.29) is 5.91 Å². The highest BCUT2D eigenvalue weighted by atomic mass is 16.1. The molecule has 0 saturated heterocycles. The van der Waals surface area contributed by atoms with Gasteiger partial charge in [0.05, 0.1) is 6.54 Å². The van der Waals surface area contributed by atoms with E-state index in [0.29, 0.717) is 6.54 Å². The summed E-state index contributed by atoms with van der Waals surface area (Å²) in [6.45, 7) is 2.34. The van der Waals surface area contributed by atoms with Gasteiger partial charge in [0.2, 0.25) is 5.91 Å². The van der Waals surface area contributed by atoms with E-state index in [1.54, 1.807) is 0 Å². The van der Waals surface area contributed by atoms with Crippen LogP contribution in [0.5, 0.6) is 0 Å². The summed E-state index contributed by atoms with van der Waals surface area (Å²) in [6.07, 6.45) is 8.09. The van der Waals surface area contributed by atoms with Crippen LogP contribution in [-0.2, 0) is 4.79 Å². The second kappa shape index (κ2) is 3.96. The van der Waals surface area contributed by atoms with Crippen LogP contribution in [-0.4, -0.2) is 12.5 Å². The summed E-state index contributed by atoms with van der Waals surface area (Å²) in [4.78, 5) is 11.4. The maximum atomic E-state index is 11.4. The Hall–Kier alpha value is -1.23. The van der Waals surface area contributed by atoms with E-state index in [2.05, 4.69) is 11.2 Å². The Bertz CT molecular complexity index is 258. The molecular formula is C10H13NO. The predicted octanol–water partition coefficient (Wildman–Crippen LogP) is 1.24. The van der Waals surface area contributed by atoms with Crippen molar-refractivity contribution in [3.8, 4) is 12.3 Å². The number of carbonyl (C=O) groups excluding carboxylic acids is 1. The zero-order valence-electron chi connectivity index (χ0n) is 7.31. The lowest BCUT2D eigenvalue weighted by Crippen LogP contribution is -2.24. The molecule has 12 heavy (non-hydrogen) atoms. The molecule has 2 heteroatoms. The lowest BCUT2D eigenvalue weighted by molar-refractivity contribution is -0.117. The van der Waals surface area contributed by atoms with Gasteiger partial charge in [-0.25, -0.2) is 0 Å². The molecule has 1 aliphatic carbocycles. The number of terminal acetylenes is 1. The standard InChI is InChI=1S/C10H13NO/c1-3-7-11-10(12)9-6-4-5-8(9)2/h1H,4-7H2,2H3,(H,11,12). The summed E-state index contributed by atoms with van der Waals surface area (Å²) in [5.41, 5.74) is 2.15. The first-order chi connectivity index (χ1) is 5.75. The predicted molar refractivity (Wildman–Crippen MR) is 48.4 cm³/mol. The molecular weight excluding hydrogens is 150 g/mol. The van der Waals surface area contributed by atoms with Crippen LogP contribution in [0.1, 0.15) is 26.2 Å². The molecule has 0 atom stereocenters. The number of hydrogen-bond acceptors (Lipinski definition) is 1. The van der Waals surface area contributed by atoms with Crippen molar-refractivity contribution >= 4 is 5.91 Å². The molecule has 1 rings (SSSR count). The van der Waals surface area contributed by atoms with Gasteiger partial charge in [-0.1, -0.05) is 11.5 Å². The average Bonchev–Trinajstić information content (AvgIpc) is 2.47. The fraction of sp³-hybridized carbons (Fsp3) is 0.500. The second-order valence-electron chi connectivity index (χ2n) is 3.00. The van der Waals surface area contributed by atoms with Gasteiger partial charge in [0.15, 0.2) is 0 Å². The Morgan fingerprint density at radius 2 is 2.42 bits per heavy atom. The van der Waals surface area contributed by atoms with E-state index >= 15 is 0 Å². The molecule has 0 aromatic heterocycles. The largest absolute Gasteiger partial charge is 0.341 e. The fourth-order valence-electron chi connectivity index (χ4n) is 1.44. The van der Waals surface area contributed by atoms with Gasteiger partial charge in [-0.2, -0.15) is 0 Å². The van der Waals surface area contributed by atoms with Crippen molar-refractivity contribution < 1.29 is 4.79 Å². The average molecular weight is 163 g/mol. The van der Waals surface area contributed by atoms with Crippen LogP contribution in [0.2, 0.25) is 0 Å². The number of allylic oxidation sites excluding steroid dienone is 1. The lowest BCUT2D eigenvalue weighted by Gasteiger charge is -2.02. The number of hydrogen-bond donors (Lipinski definition) is 1. The van der Waals surface area contributed by atoms with E-state index in [1.807, 2.05) is 6.92 Å². The first-order valence-corrected chi connectivity index (χ1v) is 4.16. The Labute approximate surface area is 73.0 Å². The fourth-order valence-corrected chi connectivity index (χ4v) is 1.44. The van der Waals surface area contributed by atoms with Gasteiger partial charge in [-0.3, -0.25) is 4.79 Å². The Balaban J connectivity index is 2.53. The first kappa shape index (κ1) is 8.86. The molecule has 1 N–H and O–H groups in total. The minimum absolute atomic E-state index is 0.0166. The van der Waals surface area contributed by atoms with E-state index in [9.17, 15) is 4.79 Å². The van der Waals surface area contributed by atoms with Gasteiger partial charge < -0.3 is 5.32 Å². The monoisotopic (exact) mass is 163 g/mol. The second-order valence-corrected chi connectivity index (χ2v) is 3.00. The molecule has 0 bridgehead atoms. The van der Waals surface area contributed by atoms with Gasteiger partial charge in [-0.15, -0.1) is 6.42 Å². The smallest absolute Gasteiger partial charge is 0.247 e. The molecule has 2 nitrogen and oxygen atoms in total. The van der Waals surface area contributed by atoms with E-state index in [4.69, 9.17) is 6.42 Å². The first-order valence-electron chi connectivity index (χ1n) is 4.16. The minimum Gasteiger partial charge on any atom is -0.341 e. The summed E-state index contributed by atoms with van der Waals surface area (Å²) in [7, 11) is 0. The molecule has 0 aromatic rings. The number of amides is 1. The molecule has 0 saturated carbocycles. The van der Waals surface area contributed by atoms with Crippen LogP contribution in [0.15, 0.2) is 11.1 Å². The van der Waals surface area contributed by atoms with Crippen LogP contribution in [0, 0.1) is 12.3 Å². The third kappa shape index (κ3) is 1.88. The van der Waals surface area contributed by atoms with Gasteiger partial charge >= 0.3 is 0 Å². The summed E-state index contributed by atoms with van der Waals surface area (Å²) >= 11 is 0. The van der Waals surface area contributed by atoms with Gasteiger partial charge in [0, 0.05) is 5.57 Å². The number of carbonyl (C=O) groups is 1. The van der Waals surface area contributed by atoms with Crippen molar-refractivity contribution in [1.29, 1.82) is 0 Å². The summed E-state index contributed by atoms with van der Waals surface area (Å²) in [5, 5.41) is 2.67. The van der Waals surface area contributed by atoms with Crippen molar-refractivity contribution in [3.05, 3.63) is 11.1 Å². The Kier molecular flexibility index (Phi) is 2.93. The van der Waals surface area contributed by atoms with Crippen LogP contribution in [0.4, 0.5) is 0 Å². The number of nitrogens with one attached hydrogen (secondary N) is 1. The third-order valence-corrected chi connectivity index (χ3v) is 2.12. The maximum Gasteiger partial charge on any atom is 0.247 e. The molecule has 0 heterocycles. The van der Waals surface area contributed by atoms with Gasteiger partial charge in [-0.05, 0) is 26.2 Å². The minimum atomic E-state index is 0.0166. The molecule has 0 radical (unpaired) electrons. The topological polar surface area (TPSA) is 29.1 Å². The van der Waals surface area contributed by atoms with E-state index in [0.717, 1.165) is 24.8 Å². The molecule has 0 aromatic carbocycles. The highest BCUT2D eigenvalue weighted by Crippen LogP contribution is 2.24. The zero-order chi connectivity index (χ0) is 8.97. The molecule has 1 aliphatic rings. The Morgan fingerprint density at radius 1 is 1.67 bits per heavy atom. The van der Waals surface area contributed by atoms with Crippen molar-refractivity contribution in [2.24, 2.45) is 0 Å². The zero-order valence-corrected chi connectivity index (χ0v) is 7.31.